The highest BCUT2D eigenvalue weighted by atomic mass is 19.1. The van der Waals surface area contributed by atoms with Crippen molar-refractivity contribution < 1.29 is 13.6 Å². The summed E-state index contributed by atoms with van der Waals surface area (Å²) < 4.78 is 28.6. The summed E-state index contributed by atoms with van der Waals surface area (Å²) >= 11 is 0. The van der Waals surface area contributed by atoms with Gasteiger partial charge >= 0.3 is 0 Å². The average molecular weight is 265 g/mol. The van der Waals surface area contributed by atoms with Crippen molar-refractivity contribution in [3.63, 3.8) is 0 Å². The van der Waals surface area contributed by atoms with Crippen LogP contribution in [-0.4, -0.2) is 15.3 Å². The Labute approximate surface area is 108 Å². The number of anilines is 1. The van der Waals surface area contributed by atoms with Crippen LogP contribution < -0.4 is 5.73 Å². The van der Waals surface area contributed by atoms with Gasteiger partial charge in [-0.3, -0.25) is 4.79 Å². The Kier molecular flexibility index (Phi) is 3.59. The molecule has 100 valence electrons. The first kappa shape index (κ1) is 13.2. The molecule has 2 rings (SSSR count). The molecular formula is C13H13F2N3O. The predicted octanol–water partition coefficient (Wildman–Crippen LogP) is 2.38. The molecule has 0 bridgehead atoms. The third-order valence-electron chi connectivity index (χ3n) is 2.69. The molecule has 0 spiro atoms. The fourth-order valence-corrected chi connectivity index (χ4v) is 1.84. The Hall–Kier alpha value is -2.24. The lowest BCUT2D eigenvalue weighted by Gasteiger charge is -2.07. The summed E-state index contributed by atoms with van der Waals surface area (Å²) in [5.74, 6) is -2.28. The van der Waals surface area contributed by atoms with E-state index in [9.17, 15) is 13.6 Å². The number of aromatic nitrogens is 2. The Morgan fingerprint density at radius 2 is 2.16 bits per heavy atom. The van der Waals surface area contributed by atoms with Crippen LogP contribution in [0.2, 0.25) is 0 Å². The summed E-state index contributed by atoms with van der Waals surface area (Å²) in [7, 11) is 0. The van der Waals surface area contributed by atoms with E-state index in [0.717, 1.165) is 18.6 Å². The second-order valence-corrected chi connectivity index (χ2v) is 4.13. The number of nitrogens with two attached hydrogens (primary N) is 1. The summed E-state index contributed by atoms with van der Waals surface area (Å²) in [4.78, 5) is 16.1. The molecule has 0 aliphatic carbocycles. The minimum Gasteiger partial charge on any atom is -0.396 e. The maximum atomic E-state index is 13.8. The number of nitrogens with zero attached hydrogens (tertiary/aromatic N) is 2. The molecule has 1 aromatic heterocycles. The van der Waals surface area contributed by atoms with E-state index in [2.05, 4.69) is 4.98 Å². The molecule has 4 nitrogen and oxygen atoms in total. The Bertz CT molecular complexity index is 622. The molecule has 1 heterocycles. The topological polar surface area (TPSA) is 60.9 Å². The normalized spacial score (nSPS) is 10.7. The predicted molar refractivity (Wildman–Crippen MR) is 66.7 cm³/mol. The smallest absolute Gasteiger partial charge is 0.231 e. The Morgan fingerprint density at radius 3 is 2.84 bits per heavy atom. The fourth-order valence-electron chi connectivity index (χ4n) is 1.84. The molecule has 6 heteroatoms. The van der Waals surface area contributed by atoms with Crippen molar-refractivity contribution in [3.8, 4) is 0 Å². The summed E-state index contributed by atoms with van der Waals surface area (Å²) in [6.45, 7) is 2.52. The molecule has 0 aliphatic heterocycles. The molecule has 0 unspecified atom stereocenters. The number of nitrogen functional groups attached to an aromatic ring is 1. The summed E-state index contributed by atoms with van der Waals surface area (Å²) in [6.07, 6.45) is 3.87. The quantitative estimate of drug-likeness (QED) is 0.682. The van der Waals surface area contributed by atoms with E-state index in [4.69, 9.17) is 5.73 Å². The number of carbonyl (C=O) groups excluding carboxylic acids is 1. The third kappa shape index (κ3) is 2.47. The number of imidazole rings is 1. The molecule has 19 heavy (non-hydrogen) atoms. The lowest BCUT2D eigenvalue weighted by Crippen LogP contribution is -2.14. The van der Waals surface area contributed by atoms with Gasteiger partial charge in [0, 0.05) is 18.9 Å². The van der Waals surface area contributed by atoms with Crippen molar-refractivity contribution >= 4 is 11.5 Å². The van der Waals surface area contributed by atoms with E-state index in [1.807, 2.05) is 6.92 Å². The first-order chi connectivity index (χ1) is 9.04. The van der Waals surface area contributed by atoms with Crippen molar-refractivity contribution in [1.82, 2.24) is 9.55 Å². The van der Waals surface area contributed by atoms with Crippen LogP contribution in [-0.2, 0) is 6.54 Å². The summed E-state index contributed by atoms with van der Waals surface area (Å²) in [6, 6.07) is 1.67. The number of carbonyl (C=O) groups is 1. The van der Waals surface area contributed by atoms with Crippen molar-refractivity contribution in [2.45, 2.75) is 19.9 Å². The molecule has 0 amide bonds. The molecule has 0 saturated heterocycles. The number of rotatable bonds is 4. The number of hydrogen-bond acceptors (Lipinski definition) is 3. The van der Waals surface area contributed by atoms with Crippen molar-refractivity contribution in [2.75, 3.05) is 5.73 Å². The fraction of sp³-hybridized carbons (Fsp3) is 0.231. The molecule has 0 saturated carbocycles. The van der Waals surface area contributed by atoms with Crippen LogP contribution in [0.25, 0.3) is 0 Å². The van der Waals surface area contributed by atoms with Gasteiger partial charge in [-0.2, -0.15) is 0 Å². The zero-order valence-electron chi connectivity index (χ0n) is 10.4. The second-order valence-electron chi connectivity index (χ2n) is 4.13. The zero-order chi connectivity index (χ0) is 14.0. The van der Waals surface area contributed by atoms with Gasteiger partial charge in [0.25, 0.3) is 0 Å². The van der Waals surface area contributed by atoms with Gasteiger partial charge < -0.3 is 10.3 Å². The van der Waals surface area contributed by atoms with Crippen LogP contribution in [0.15, 0.2) is 24.5 Å². The van der Waals surface area contributed by atoms with Crippen LogP contribution >= 0.6 is 0 Å². The second kappa shape index (κ2) is 5.17. The largest absolute Gasteiger partial charge is 0.396 e. The van der Waals surface area contributed by atoms with E-state index in [1.54, 1.807) is 10.8 Å². The number of hydrogen-bond donors (Lipinski definition) is 1. The lowest BCUT2D eigenvalue weighted by atomic mass is 10.1. The molecule has 0 fully saturated rings. The molecular weight excluding hydrogens is 252 g/mol. The highest BCUT2D eigenvalue weighted by Crippen LogP contribution is 2.20. The van der Waals surface area contributed by atoms with Crippen molar-refractivity contribution in [1.29, 1.82) is 0 Å². The van der Waals surface area contributed by atoms with E-state index < -0.39 is 28.7 Å². The van der Waals surface area contributed by atoms with E-state index in [1.165, 1.54) is 6.20 Å². The van der Waals surface area contributed by atoms with Crippen LogP contribution in [0.3, 0.4) is 0 Å². The first-order valence-electron chi connectivity index (χ1n) is 5.85. The van der Waals surface area contributed by atoms with Gasteiger partial charge in [0.2, 0.25) is 5.78 Å². The molecule has 0 aliphatic rings. The molecule has 0 atom stereocenters. The Balaban J connectivity index is 2.47. The summed E-state index contributed by atoms with van der Waals surface area (Å²) in [5, 5.41) is 0. The highest BCUT2D eigenvalue weighted by Gasteiger charge is 2.21. The Morgan fingerprint density at radius 1 is 1.42 bits per heavy atom. The standard InChI is InChI=1S/C13H13F2N3O/c1-2-4-18-5-3-17-13(18)12(19)9-6-8(14)7-10(16)11(9)15/h3,5-7H,2,4,16H2,1H3. The van der Waals surface area contributed by atoms with Gasteiger partial charge in [0.05, 0.1) is 11.3 Å². The molecule has 2 N–H and O–H groups in total. The van der Waals surface area contributed by atoms with E-state index >= 15 is 0 Å². The lowest BCUT2D eigenvalue weighted by molar-refractivity contribution is 0.102. The summed E-state index contributed by atoms with van der Waals surface area (Å²) in [5.41, 5.74) is 4.52. The van der Waals surface area contributed by atoms with Gasteiger partial charge in [-0.25, -0.2) is 13.8 Å². The number of benzene rings is 1. The number of ketones is 1. The van der Waals surface area contributed by atoms with Crippen LogP contribution in [0.5, 0.6) is 0 Å². The average Bonchev–Trinajstić information content (AvgIpc) is 2.81. The maximum Gasteiger partial charge on any atom is 0.231 e. The third-order valence-corrected chi connectivity index (χ3v) is 2.69. The van der Waals surface area contributed by atoms with Gasteiger partial charge in [0.15, 0.2) is 11.6 Å². The maximum absolute atomic E-state index is 13.8. The van der Waals surface area contributed by atoms with Crippen LogP contribution in [0, 0.1) is 11.6 Å². The minimum atomic E-state index is -0.919. The number of aryl methyl sites for hydroxylation is 1. The molecule has 2 aromatic rings. The van der Waals surface area contributed by atoms with Crippen LogP contribution in [0.1, 0.15) is 29.5 Å². The zero-order valence-corrected chi connectivity index (χ0v) is 10.4. The van der Waals surface area contributed by atoms with Gasteiger partial charge in [-0.15, -0.1) is 0 Å². The molecule has 1 aromatic carbocycles. The first-order valence-corrected chi connectivity index (χ1v) is 5.85. The highest BCUT2D eigenvalue weighted by molar-refractivity contribution is 6.07. The van der Waals surface area contributed by atoms with Crippen LogP contribution in [0.4, 0.5) is 14.5 Å². The number of halogens is 2. The molecule has 0 radical (unpaired) electrons. The van der Waals surface area contributed by atoms with E-state index in [-0.39, 0.29) is 5.82 Å². The van der Waals surface area contributed by atoms with E-state index in [0.29, 0.717) is 6.54 Å². The minimum absolute atomic E-state index is 0.0748. The van der Waals surface area contributed by atoms with Crippen molar-refractivity contribution in [2.24, 2.45) is 0 Å². The van der Waals surface area contributed by atoms with Gasteiger partial charge in [0.1, 0.15) is 5.82 Å². The monoisotopic (exact) mass is 265 g/mol. The van der Waals surface area contributed by atoms with Crippen molar-refractivity contribution in [3.05, 3.63) is 47.5 Å². The SMILES string of the molecule is CCCn1ccnc1C(=O)c1cc(F)cc(N)c1F. The van der Waals surface area contributed by atoms with Gasteiger partial charge in [-0.1, -0.05) is 6.92 Å². The van der Waals surface area contributed by atoms with Gasteiger partial charge in [-0.05, 0) is 18.6 Å².